The Balaban J connectivity index is 2.30. The highest BCUT2D eigenvalue weighted by molar-refractivity contribution is 6.35. The maximum atomic E-state index is 11.4. The third-order valence-electron chi connectivity index (χ3n) is 3.88. The Labute approximate surface area is 105 Å². The molecule has 17 heavy (non-hydrogen) atoms. The molecule has 1 saturated carbocycles. The van der Waals surface area contributed by atoms with E-state index >= 15 is 0 Å². The lowest BCUT2D eigenvalue weighted by Crippen LogP contribution is -2.35. The van der Waals surface area contributed by atoms with Crippen molar-refractivity contribution in [2.45, 2.75) is 24.7 Å². The van der Waals surface area contributed by atoms with Gasteiger partial charge in [0.25, 0.3) is 0 Å². The summed E-state index contributed by atoms with van der Waals surface area (Å²) in [5, 5.41) is 2.91. The molecule has 2 aromatic carbocycles. The van der Waals surface area contributed by atoms with E-state index in [2.05, 4.69) is 12.1 Å². The van der Waals surface area contributed by atoms with Gasteiger partial charge in [-0.2, -0.15) is 0 Å². The fraction of sp³-hybridized carbons (Fsp3) is 0.267. The standard InChI is InChI=1S/C15H13ClO/c16-14-7-2-4-11-12(14)5-1-6-13(11)15(10-17)8-3-9-15/h1-2,4-7,10H,3,8-9H2. The summed E-state index contributed by atoms with van der Waals surface area (Å²) in [5.41, 5.74) is 0.878. The molecule has 3 rings (SSSR count). The van der Waals surface area contributed by atoms with Gasteiger partial charge in [0.2, 0.25) is 0 Å². The number of fused-ring (bicyclic) bond motifs is 1. The molecule has 1 nitrogen and oxygen atoms in total. The van der Waals surface area contributed by atoms with Crippen molar-refractivity contribution in [3.8, 4) is 0 Å². The van der Waals surface area contributed by atoms with E-state index < -0.39 is 0 Å². The number of halogens is 1. The number of carbonyl (C=O) groups is 1. The molecule has 1 fully saturated rings. The molecule has 1 aliphatic carbocycles. The Bertz CT molecular complexity index is 584. The van der Waals surface area contributed by atoms with E-state index in [0.29, 0.717) is 0 Å². The van der Waals surface area contributed by atoms with E-state index in [1.165, 1.54) is 0 Å². The third kappa shape index (κ3) is 1.49. The van der Waals surface area contributed by atoms with E-state index in [4.69, 9.17) is 11.6 Å². The van der Waals surface area contributed by atoms with Crippen molar-refractivity contribution in [3.05, 3.63) is 47.0 Å². The van der Waals surface area contributed by atoms with Gasteiger partial charge in [0.1, 0.15) is 6.29 Å². The lowest BCUT2D eigenvalue weighted by atomic mass is 9.64. The second-order valence-corrected chi connectivity index (χ2v) is 5.18. The molecule has 2 heteroatoms. The third-order valence-corrected chi connectivity index (χ3v) is 4.21. The van der Waals surface area contributed by atoms with Gasteiger partial charge in [0, 0.05) is 10.4 Å². The molecule has 0 spiro atoms. The molecule has 1 aliphatic rings. The summed E-state index contributed by atoms with van der Waals surface area (Å²) in [4.78, 5) is 11.4. The van der Waals surface area contributed by atoms with Gasteiger partial charge in [-0.15, -0.1) is 0 Å². The molecular weight excluding hydrogens is 232 g/mol. The normalized spacial score (nSPS) is 17.7. The molecule has 0 amide bonds. The van der Waals surface area contributed by atoms with Crippen LogP contribution in [0.2, 0.25) is 5.02 Å². The van der Waals surface area contributed by atoms with Crippen LogP contribution in [0.25, 0.3) is 10.8 Å². The number of hydrogen-bond acceptors (Lipinski definition) is 1. The lowest BCUT2D eigenvalue weighted by molar-refractivity contribution is -0.115. The van der Waals surface area contributed by atoms with Crippen LogP contribution in [0.5, 0.6) is 0 Å². The van der Waals surface area contributed by atoms with Crippen LogP contribution in [0.3, 0.4) is 0 Å². The van der Waals surface area contributed by atoms with E-state index in [-0.39, 0.29) is 5.41 Å². The maximum absolute atomic E-state index is 11.4. The van der Waals surface area contributed by atoms with Crippen molar-refractivity contribution in [2.75, 3.05) is 0 Å². The average molecular weight is 245 g/mol. The number of rotatable bonds is 2. The Hall–Kier alpha value is -1.34. The van der Waals surface area contributed by atoms with E-state index in [9.17, 15) is 4.79 Å². The van der Waals surface area contributed by atoms with E-state index in [1.807, 2.05) is 24.3 Å². The first-order valence-corrected chi connectivity index (χ1v) is 6.29. The van der Waals surface area contributed by atoms with E-state index in [0.717, 1.165) is 46.9 Å². The Morgan fingerprint density at radius 3 is 2.41 bits per heavy atom. The highest BCUT2D eigenvalue weighted by atomic mass is 35.5. The van der Waals surface area contributed by atoms with Gasteiger partial charge in [0.05, 0.1) is 5.41 Å². The minimum Gasteiger partial charge on any atom is -0.302 e. The Kier molecular flexibility index (Phi) is 2.44. The van der Waals surface area contributed by atoms with Crippen LogP contribution in [0, 0.1) is 0 Å². The fourth-order valence-electron chi connectivity index (χ4n) is 2.71. The van der Waals surface area contributed by atoms with Crippen LogP contribution in [-0.4, -0.2) is 6.29 Å². The molecule has 2 aromatic rings. The Morgan fingerprint density at radius 2 is 1.76 bits per heavy atom. The van der Waals surface area contributed by atoms with Gasteiger partial charge in [0.15, 0.2) is 0 Å². The first-order chi connectivity index (χ1) is 8.27. The van der Waals surface area contributed by atoms with Crippen molar-refractivity contribution in [1.29, 1.82) is 0 Å². The SMILES string of the molecule is O=CC1(c2cccc3c(Cl)cccc23)CCC1. The van der Waals surface area contributed by atoms with Crippen molar-refractivity contribution < 1.29 is 4.79 Å². The quantitative estimate of drug-likeness (QED) is 0.727. The van der Waals surface area contributed by atoms with Gasteiger partial charge in [-0.05, 0) is 29.9 Å². The van der Waals surface area contributed by atoms with Gasteiger partial charge in [-0.25, -0.2) is 0 Å². The summed E-state index contributed by atoms with van der Waals surface area (Å²) < 4.78 is 0. The van der Waals surface area contributed by atoms with Crippen LogP contribution < -0.4 is 0 Å². The molecule has 0 N–H and O–H groups in total. The van der Waals surface area contributed by atoms with Crippen LogP contribution in [0.4, 0.5) is 0 Å². The predicted molar refractivity (Wildman–Crippen MR) is 70.6 cm³/mol. The smallest absolute Gasteiger partial charge is 0.130 e. The van der Waals surface area contributed by atoms with Gasteiger partial charge in [-0.3, -0.25) is 0 Å². The van der Waals surface area contributed by atoms with E-state index in [1.54, 1.807) is 0 Å². The number of benzene rings is 2. The molecule has 0 aliphatic heterocycles. The van der Waals surface area contributed by atoms with Crippen molar-refractivity contribution >= 4 is 28.7 Å². The summed E-state index contributed by atoms with van der Waals surface area (Å²) in [5.74, 6) is 0. The molecule has 86 valence electrons. The highest BCUT2D eigenvalue weighted by Crippen LogP contribution is 2.45. The molecule has 0 radical (unpaired) electrons. The topological polar surface area (TPSA) is 17.1 Å². The second-order valence-electron chi connectivity index (χ2n) is 4.77. The zero-order valence-corrected chi connectivity index (χ0v) is 10.2. The van der Waals surface area contributed by atoms with Crippen LogP contribution in [0.1, 0.15) is 24.8 Å². The molecule has 0 saturated heterocycles. The van der Waals surface area contributed by atoms with Gasteiger partial charge < -0.3 is 4.79 Å². The van der Waals surface area contributed by atoms with Gasteiger partial charge >= 0.3 is 0 Å². The maximum Gasteiger partial charge on any atom is 0.130 e. The summed E-state index contributed by atoms with van der Waals surface area (Å²) in [6.07, 6.45) is 4.17. The van der Waals surface area contributed by atoms with Crippen molar-refractivity contribution in [3.63, 3.8) is 0 Å². The molecule has 0 atom stereocenters. The first kappa shape index (κ1) is 10.8. The van der Waals surface area contributed by atoms with Crippen LogP contribution >= 0.6 is 11.6 Å². The molecule has 0 aromatic heterocycles. The predicted octanol–water partition coefficient (Wildman–Crippen LogP) is 4.11. The molecule has 0 unspecified atom stereocenters. The van der Waals surface area contributed by atoms with Crippen molar-refractivity contribution in [2.24, 2.45) is 0 Å². The monoisotopic (exact) mass is 244 g/mol. The summed E-state index contributed by atoms with van der Waals surface area (Å²) in [7, 11) is 0. The highest BCUT2D eigenvalue weighted by Gasteiger charge is 2.39. The second kappa shape index (κ2) is 3.85. The van der Waals surface area contributed by atoms with Crippen LogP contribution in [-0.2, 0) is 10.2 Å². The first-order valence-electron chi connectivity index (χ1n) is 5.91. The fourth-order valence-corrected chi connectivity index (χ4v) is 2.95. The molecular formula is C15H13ClO. The van der Waals surface area contributed by atoms with Crippen LogP contribution in [0.15, 0.2) is 36.4 Å². The van der Waals surface area contributed by atoms with Gasteiger partial charge in [-0.1, -0.05) is 48.4 Å². The number of hydrogen-bond donors (Lipinski definition) is 0. The van der Waals surface area contributed by atoms with Crippen molar-refractivity contribution in [1.82, 2.24) is 0 Å². The number of aldehydes is 1. The largest absolute Gasteiger partial charge is 0.302 e. The zero-order valence-electron chi connectivity index (χ0n) is 9.45. The molecule has 0 bridgehead atoms. The summed E-state index contributed by atoms with van der Waals surface area (Å²) in [6.45, 7) is 0. The minimum atomic E-state index is -0.260. The lowest BCUT2D eigenvalue weighted by Gasteiger charge is -2.38. The minimum absolute atomic E-state index is 0.260. The average Bonchev–Trinajstić information content (AvgIpc) is 2.30. The molecule has 0 heterocycles. The number of carbonyl (C=O) groups excluding carboxylic acids is 1. The summed E-state index contributed by atoms with van der Waals surface area (Å²) >= 11 is 6.20. The Morgan fingerprint density at radius 1 is 1.06 bits per heavy atom. The summed E-state index contributed by atoms with van der Waals surface area (Å²) in [6, 6.07) is 12.0. The zero-order chi connectivity index (χ0) is 11.9.